The Hall–Kier alpha value is 1.04. The fourth-order valence-corrected chi connectivity index (χ4v) is 11.0. The fourth-order valence-electron chi connectivity index (χ4n) is 0.707. The minimum atomic E-state index is -1.59. The summed E-state index contributed by atoms with van der Waals surface area (Å²) in [6, 6.07) is 0. The van der Waals surface area contributed by atoms with Gasteiger partial charge in [-0.25, -0.2) is 0 Å². The van der Waals surface area contributed by atoms with Gasteiger partial charge in [0.25, 0.3) is 0 Å². The standard InChI is InChI=1S/C3H9GeO.2CH3.Al/c1-4(2,3)5;;;/h1-3H3;2*1H3;/q-1;;;+1. The third kappa shape index (κ3) is 7.04. The van der Waals surface area contributed by atoms with Crippen LogP contribution in [0.3, 0.4) is 0 Å². The average Bonchev–Trinajstić information content (AvgIpc) is 1.21. The van der Waals surface area contributed by atoms with E-state index in [1.165, 1.54) is 0 Å². The van der Waals surface area contributed by atoms with Gasteiger partial charge in [0.1, 0.15) is 0 Å². The van der Waals surface area contributed by atoms with Gasteiger partial charge >= 0.3 is 59.7 Å². The molecule has 8 heavy (non-hydrogen) atoms. The van der Waals surface area contributed by atoms with E-state index in [2.05, 4.69) is 28.8 Å². The van der Waals surface area contributed by atoms with Crippen LogP contribution in [0.1, 0.15) is 0 Å². The van der Waals surface area contributed by atoms with Crippen molar-refractivity contribution >= 4 is 28.1 Å². The average molecular weight is 191 g/mol. The van der Waals surface area contributed by atoms with Crippen molar-refractivity contribution in [3.05, 3.63) is 0 Å². The van der Waals surface area contributed by atoms with E-state index in [0.29, 0.717) is 0 Å². The molecule has 0 aliphatic heterocycles. The Morgan fingerprint density at radius 3 is 1.50 bits per heavy atom. The van der Waals surface area contributed by atoms with Gasteiger partial charge in [0.2, 0.25) is 0 Å². The van der Waals surface area contributed by atoms with Crippen LogP contribution in [-0.2, 0) is 2.82 Å². The van der Waals surface area contributed by atoms with Crippen LogP contribution in [0.4, 0.5) is 0 Å². The second-order valence-corrected chi connectivity index (χ2v) is 16.0. The van der Waals surface area contributed by atoms with Crippen LogP contribution < -0.4 is 0 Å². The van der Waals surface area contributed by atoms with Gasteiger partial charge in [0.15, 0.2) is 0 Å². The molecule has 3 heteroatoms. The molecule has 0 aromatic carbocycles. The maximum absolute atomic E-state index is 5.76. The van der Waals surface area contributed by atoms with Crippen LogP contribution in [0.2, 0.25) is 28.8 Å². The first-order valence-corrected chi connectivity index (χ1v) is 13.0. The van der Waals surface area contributed by atoms with E-state index in [9.17, 15) is 0 Å². The summed E-state index contributed by atoms with van der Waals surface area (Å²) in [5.74, 6) is 11.3. The first kappa shape index (κ1) is 9.04. The summed E-state index contributed by atoms with van der Waals surface area (Å²) in [5.41, 5.74) is 0. The van der Waals surface area contributed by atoms with Crippen LogP contribution in [0.5, 0.6) is 0 Å². The van der Waals surface area contributed by atoms with Gasteiger partial charge in [0, 0.05) is 0 Å². The summed E-state index contributed by atoms with van der Waals surface area (Å²) in [6.07, 6.45) is 0. The molecule has 0 aliphatic carbocycles. The van der Waals surface area contributed by atoms with Gasteiger partial charge in [0.05, 0.1) is 0 Å². The first-order valence-electron chi connectivity index (χ1n) is 3.09. The van der Waals surface area contributed by atoms with Crippen molar-refractivity contribution in [2.45, 2.75) is 28.8 Å². The molecule has 1 nitrogen and oxygen atoms in total. The normalized spacial score (nSPS) is 11.6. The van der Waals surface area contributed by atoms with Crippen molar-refractivity contribution < 1.29 is 2.82 Å². The predicted molar refractivity (Wildman–Crippen MR) is 41.9 cm³/mol. The second-order valence-electron chi connectivity index (χ2n) is 3.28. The van der Waals surface area contributed by atoms with Crippen molar-refractivity contribution in [3.8, 4) is 0 Å². The molecule has 0 unspecified atom stereocenters. The van der Waals surface area contributed by atoms with Crippen LogP contribution >= 0.6 is 0 Å². The van der Waals surface area contributed by atoms with Crippen LogP contribution in [0.15, 0.2) is 0 Å². The Morgan fingerprint density at radius 2 is 1.50 bits per heavy atom. The first-order chi connectivity index (χ1) is 3.42. The van der Waals surface area contributed by atoms with E-state index in [-0.39, 0.29) is 0 Å². The fraction of sp³-hybridized carbons (Fsp3) is 1.00. The summed E-state index contributed by atoms with van der Waals surface area (Å²) >= 11 is -2.31. The summed E-state index contributed by atoms with van der Waals surface area (Å²) in [7, 11) is 0. The van der Waals surface area contributed by atoms with E-state index in [1.54, 1.807) is 0 Å². The molecule has 0 rings (SSSR count). The van der Waals surface area contributed by atoms with Crippen LogP contribution in [0, 0.1) is 0 Å². The molecule has 0 aliphatic rings. The van der Waals surface area contributed by atoms with Crippen molar-refractivity contribution in [1.29, 1.82) is 0 Å². The molecular formula is C5H15AlGeO. The van der Waals surface area contributed by atoms with Crippen molar-refractivity contribution in [2.24, 2.45) is 0 Å². The summed E-state index contributed by atoms with van der Waals surface area (Å²) in [6.45, 7) is 0. The number of hydrogen-bond acceptors (Lipinski definition) is 1. The van der Waals surface area contributed by atoms with E-state index < -0.39 is 28.1 Å². The molecule has 0 aromatic heterocycles. The Morgan fingerprint density at radius 1 is 1.12 bits per heavy atom. The zero-order valence-electron chi connectivity index (χ0n) is 6.49. The zero-order valence-corrected chi connectivity index (χ0v) is 9.74. The molecule has 0 aromatic rings. The van der Waals surface area contributed by atoms with Crippen molar-refractivity contribution in [1.82, 2.24) is 0 Å². The van der Waals surface area contributed by atoms with Gasteiger partial charge in [-0.2, -0.15) is 0 Å². The molecule has 0 heterocycles. The van der Waals surface area contributed by atoms with Crippen molar-refractivity contribution in [3.63, 3.8) is 0 Å². The Kier molecular flexibility index (Phi) is 3.69. The molecule has 0 saturated heterocycles. The minimum absolute atomic E-state index is 0.712. The molecule has 0 atom stereocenters. The Labute approximate surface area is 59.8 Å². The molecule has 0 amide bonds. The molecule has 0 saturated carbocycles. The van der Waals surface area contributed by atoms with Gasteiger partial charge < -0.3 is 0 Å². The third-order valence-corrected chi connectivity index (χ3v) is 9.19. The monoisotopic (exact) mass is 192 g/mol. The molecule has 0 radical (unpaired) electrons. The van der Waals surface area contributed by atoms with Gasteiger partial charge in [-0.15, -0.1) is 0 Å². The van der Waals surface area contributed by atoms with E-state index in [1.807, 2.05) is 0 Å². The molecular weight excluding hydrogens is 176 g/mol. The summed E-state index contributed by atoms with van der Waals surface area (Å²) in [5, 5.41) is 0. The predicted octanol–water partition coefficient (Wildman–Crippen LogP) is 2.09. The van der Waals surface area contributed by atoms with Crippen LogP contribution in [-0.4, -0.2) is 28.1 Å². The van der Waals surface area contributed by atoms with E-state index in [0.717, 1.165) is 0 Å². The van der Waals surface area contributed by atoms with E-state index in [4.69, 9.17) is 2.82 Å². The van der Waals surface area contributed by atoms with E-state index >= 15 is 0 Å². The molecule has 0 N–H and O–H groups in total. The number of rotatable bonds is 2. The second kappa shape index (κ2) is 3.27. The number of hydrogen-bond donors (Lipinski definition) is 0. The van der Waals surface area contributed by atoms with Crippen molar-refractivity contribution in [2.75, 3.05) is 0 Å². The zero-order chi connectivity index (χ0) is 6.78. The van der Waals surface area contributed by atoms with Gasteiger partial charge in [-0.05, 0) is 0 Å². The van der Waals surface area contributed by atoms with Crippen LogP contribution in [0.25, 0.3) is 0 Å². The Bertz CT molecular complexity index is 67.3. The summed E-state index contributed by atoms with van der Waals surface area (Å²) in [4.78, 5) is 0. The Balaban J connectivity index is 3.39. The third-order valence-electron chi connectivity index (χ3n) is 0.589. The SMILES string of the molecule is [CH3][Al]([CH3])[O][Ge]([CH3])([CH3])[CH3]. The molecule has 48 valence electrons. The maximum atomic E-state index is 5.76. The topological polar surface area (TPSA) is 9.23 Å². The summed E-state index contributed by atoms with van der Waals surface area (Å²) < 4.78 is 5.76. The quantitative estimate of drug-likeness (QED) is 0.606. The molecule has 0 fully saturated rings. The molecule has 0 spiro atoms. The van der Waals surface area contributed by atoms with Gasteiger partial charge in [-0.1, -0.05) is 0 Å². The van der Waals surface area contributed by atoms with Gasteiger partial charge in [-0.3, -0.25) is 0 Å². The molecule has 0 bridgehead atoms.